The normalized spacial score (nSPS) is 16.1. The molecule has 4 nitrogen and oxygen atoms in total. The van der Waals surface area contributed by atoms with Gasteiger partial charge in [0.25, 0.3) is 11.1 Å². The van der Waals surface area contributed by atoms with E-state index in [9.17, 15) is 9.59 Å². The number of hydrogen-bond donors (Lipinski definition) is 0. The van der Waals surface area contributed by atoms with Crippen LogP contribution in [0.25, 0.3) is 6.08 Å². The Labute approximate surface area is 155 Å². The van der Waals surface area contributed by atoms with Gasteiger partial charge in [-0.15, -0.1) is 6.42 Å². The molecule has 1 fully saturated rings. The Kier molecular flexibility index (Phi) is 6.33. The fraction of sp³-hybridized carbons (Fsp3) is 0.250. The van der Waals surface area contributed by atoms with Gasteiger partial charge in [0.05, 0.1) is 13.9 Å². The number of rotatable bonds is 5. The first kappa shape index (κ1) is 18.1. The van der Waals surface area contributed by atoms with E-state index in [2.05, 4.69) is 37.8 Å². The van der Waals surface area contributed by atoms with Crippen LogP contribution in [0.1, 0.15) is 18.9 Å². The predicted molar refractivity (Wildman–Crippen MR) is 99.1 cm³/mol. The van der Waals surface area contributed by atoms with E-state index in [0.29, 0.717) is 26.1 Å². The summed E-state index contributed by atoms with van der Waals surface area (Å²) in [5.41, 5.74) is 0.777. The van der Waals surface area contributed by atoms with Crippen molar-refractivity contribution in [1.82, 2.24) is 4.90 Å². The van der Waals surface area contributed by atoms with Crippen LogP contribution in [-0.2, 0) is 4.79 Å². The minimum Gasteiger partial charge on any atom is -0.479 e. The second kappa shape index (κ2) is 8.04. The molecule has 0 aromatic heterocycles. The van der Waals surface area contributed by atoms with Crippen molar-refractivity contribution >= 4 is 60.8 Å². The maximum absolute atomic E-state index is 12.2. The molecule has 1 heterocycles. The molecule has 2 rings (SSSR count). The Hall–Kier alpha value is -1.23. The Morgan fingerprint density at radius 3 is 2.57 bits per heavy atom. The van der Waals surface area contributed by atoms with Gasteiger partial charge in [0.2, 0.25) is 0 Å². The third kappa shape index (κ3) is 4.19. The monoisotopic (exact) mass is 457 g/mol. The van der Waals surface area contributed by atoms with Crippen LogP contribution in [0.5, 0.6) is 5.75 Å². The molecule has 0 atom stereocenters. The van der Waals surface area contributed by atoms with Crippen molar-refractivity contribution in [2.45, 2.75) is 13.3 Å². The summed E-state index contributed by atoms with van der Waals surface area (Å²) < 4.78 is 6.86. The number of ether oxygens (including phenoxy) is 1. The van der Waals surface area contributed by atoms with E-state index in [0.717, 1.165) is 23.7 Å². The van der Waals surface area contributed by atoms with Crippen molar-refractivity contribution in [1.29, 1.82) is 0 Å². The summed E-state index contributed by atoms with van der Waals surface area (Å²) in [5, 5.41) is -0.227. The van der Waals surface area contributed by atoms with Crippen LogP contribution < -0.4 is 4.74 Å². The van der Waals surface area contributed by atoms with Gasteiger partial charge in [-0.1, -0.05) is 12.8 Å². The van der Waals surface area contributed by atoms with E-state index < -0.39 is 0 Å². The van der Waals surface area contributed by atoms with Crippen LogP contribution in [0.2, 0.25) is 0 Å². The number of amides is 2. The topological polar surface area (TPSA) is 46.6 Å². The fourth-order valence-electron chi connectivity index (χ4n) is 1.98. The molecule has 1 saturated heterocycles. The first-order chi connectivity index (χ1) is 11.0. The van der Waals surface area contributed by atoms with Crippen molar-refractivity contribution in [2.75, 3.05) is 13.2 Å². The first-order valence-corrected chi connectivity index (χ1v) is 9.18. The molecular weight excluding hydrogens is 446 g/mol. The first-order valence-electron chi connectivity index (χ1n) is 6.78. The molecule has 0 radical (unpaired) electrons. The highest BCUT2D eigenvalue weighted by Gasteiger charge is 2.34. The van der Waals surface area contributed by atoms with Crippen LogP contribution in [0.3, 0.4) is 0 Å². The van der Waals surface area contributed by atoms with E-state index >= 15 is 0 Å². The van der Waals surface area contributed by atoms with E-state index in [1.54, 1.807) is 6.08 Å². The molecule has 1 aliphatic rings. The van der Waals surface area contributed by atoms with Gasteiger partial charge in [0.15, 0.2) is 0 Å². The lowest BCUT2D eigenvalue weighted by Crippen LogP contribution is -2.28. The fourth-order valence-corrected chi connectivity index (χ4v) is 4.30. The smallest absolute Gasteiger partial charge is 0.293 e. The average molecular weight is 459 g/mol. The van der Waals surface area contributed by atoms with Crippen LogP contribution in [0, 0.1) is 12.3 Å². The van der Waals surface area contributed by atoms with Crippen molar-refractivity contribution in [2.24, 2.45) is 0 Å². The number of terminal acetylenes is 1. The predicted octanol–water partition coefficient (Wildman–Crippen LogP) is 4.67. The minimum atomic E-state index is -0.248. The van der Waals surface area contributed by atoms with Crippen molar-refractivity contribution < 1.29 is 14.3 Å². The molecule has 1 aliphatic heterocycles. The SMILES string of the molecule is C#CCOc1c(Br)cc(/C=C2/SC(=O)N(CCC)C2=O)cc1Br. The lowest BCUT2D eigenvalue weighted by Gasteiger charge is -2.10. The zero-order valence-electron chi connectivity index (χ0n) is 12.3. The van der Waals surface area contributed by atoms with Crippen LogP contribution in [-0.4, -0.2) is 29.2 Å². The molecule has 23 heavy (non-hydrogen) atoms. The highest BCUT2D eigenvalue weighted by Crippen LogP contribution is 2.37. The number of thioether (sulfide) groups is 1. The minimum absolute atomic E-state index is 0.159. The maximum Gasteiger partial charge on any atom is 0.293 e. The summed E-state index contributed by atoms with van der Waals surface area (Å²) in [7, 11) is 0. The van der Waals surface area contributed by atoms with Gasteiger partial charge in [-0.3, -0.25) is 14.5 Å². The van der Waals surface area contributed by atoms with Gasteiger partial charge < -0.3 is 4.74 Å². The summed E-state index contributed by atoms with van der Waals surface area (Å²) in [4.78, 5) is 25.8. The third-order valence-corrected chi connectivity index (χ3v) is 5.02. The molecular formula is C16H13Br2NO3S. The lowest BCUT2D eigenvalue weighted by molar-refractivity contribution is -0.122. The summed E-state index contributed by atoms with van der Waals surface area (Å²) >= 11 is 7.80. The molecule has 0 aliphatic carbocycles. The summed E-state index contributed by atoms with van der Waals surface area (Å²) in [6, 6.07) is 3.62. The largest absolute Gasteiger partial charge is 0.479 e. The van der Waals surface area contributed by atoms with Crippen molar-refractivity contribution in [3.8, 4) is 18.1 Å². The van der Waals surface area contributed by atoms with Gasteiger partial charge in [0.1, 0.15) is 12.4 Å². The number of carbonyl (C=O) groups is 2. The molecule has 1 aromatic carbocycles. The molecule has 0 spiro atoms. The number of carbonyl (C=O) groups excluding carboxylic acids is 2. The molecule has 0 unspecified atom stereocenters. The second-order valence-corrected chi connectivity index (χ2v) is 7.34. The van der Waals surface area contributed by atoms with E-state index in [1.807, 2.05) is 19.1 Å². The molecule has 1 aromatic rings. The van der Waals surface area contributed by atoms with Crippen LogP contribution >= 0.6 is 43.6 Å². The number of benzene rings is 1. The zero-order valence-corrected chi connectivity index (χ0v) is 16.3. The average Bonchev–Trinajstić information content (AvgIpc) is 2.74. The molecule has 0 bridgehead atoms. The third-order valence-electron chi connectivity index (χ3n) is 2.94. The van der Waals surface area contributed by atoms with Gasteiger partial charge in [0, 0.05) is 6.54 Å². The lowest BCUT2D eigenvalue weighted by atomic mass is 10.2. The van der Waals surface area contributed by atoms with Gasteiger partial charge in [-0.25, -0.2) is 0 Å². The molecule has 7 heteroatoms. The zero-order chi connectivity index (χ0) is 17.0. The quantitative estimate of drug-likeness (QED) is 0.475. The number of imide groups is 1. The van der Waals surface area contributed by atoms with E-state index in [1.165, 1.54) is 4.90 Å². The molecule has 2 amide bonds. The number of nitrogens with zero attached hydrogens (tertiary/aromatic N) is 1. The van der Waals surface area contributed by atoms with Crippen LogP contribution in [0.4, 0.5) is 4.79 Å². The number of halogens is 2. The summed E-state index contributed by atoms with van der Waals surface area (Å²) in [6.07, 6.45) is 7.62. The highest BCUT2D eigenvalue weighted by molar-refractivity contribution is 9.11. The summed E-state index contributed by atoms with van der Waals surface area (Å²) in [6.45, 7) is 2.52. The standard InChI is InChI=1S/C16H13Br2NO3S/c1-3-5-19-15(20)13(23-16(19)21)9-10-7-11(17)14(12(18)8-10)22-6-4-2/h2,7-9H,3,5-6H2,1H3/b13-9+. The van der Waals surface area contributed by atoms with Crippen molar-refractivity contribution in [3.63, 3.8) is 0 Å². The summed E-state index contributed by atoms with van der Waals surface area (Å²) in [5.74, 6) is 2.75. The van der Waals surface area contributed by atoms with Gasteiger partial charge >= 0.3 is 0 Å². The maximum atomic E-state index is 12.2. The molecule has 0 N–H and O–H groups in total. The second-order valence-electron chi connectivity index (χ2n) is 4.64. The van der Waals surface area contributed by atoms with Crippen molar-refractivity contribution in [3.05, 3.63) is 31.5 Å². The molecule has 120 valence electrons. The number of hydrogen-bond acceptors (Lipinski definition) is 4. The van der Waals surface area contributed by atoms with Crippen LogP contribution in [0.15, 0.2) is 26.0 Å². The Bertz CT molecular complexity index is 702. The van der Waals surface area contributed by atoms with Gasteiger partial charge in [-0.05, 0) is 73.8 Å². The van der Waals surface area contributed by atoms with E-state index in [-0.39, 0.29) is 17.8 Å². The Morgan fingerprint density at radius 1 is 1.35 bits per heavy atom. The van der Waals surface area contributed by atoms with E-state index in [4.69, 9.17) is 11.2 Å². The van der Waals surface area contributed by atoms with Gasteiger partial charge in [-0.2, -0.15) is 0 Å². The Balaban J connectivity index is 2.28. The molecule has 0 saturated carbocycles. The highest BCUT2D eigenvalue weighted by atomic mass is 79.9. The Morgan fingerprint density at radius 2 is 2.00 bits per heavy atom.